The second-order valence-corrected chi connectivity index (χ2v) is 8.40. The number of rotatable bonds is 2. The van der Waals surface area contributed by atoms with E-state index in [2.05, 4.69) is 0 Å². The molecule has 6 atom stereocenters. The van der Waals surface area contributed by atoms with Gasteiger partial charge < -0.3 is 4.74 Å². The molecular weight excluding hydrogens is 321 g/mol. The number of hydrogen-bond donors (Lipinski definition) is 0. The Morgan fingerprint density at radius 1 is 1.25 bits per heavy atom. The van der Waals surface area contributed by atoms with Crippen LogP contribution in [0.2, 0.25) is 0 Å². The average Bonchev–Trinajstić information content (AvgIpc) is 2.96. The third-order valence-corrected chi connectivity index (χ3v) is 6.92. The first-order valence-corrected chi connectivity index (χ1v) is 8.82. The van der Waals surface area contributed by atoms with Crippen LogP contribution in [-0.2, 0) is 14.3 Å². The van der Waals surface area contributed by atoms with Gasteiger partial charge in [-0.2, -0.15) is 13.2 Å². The van der Waals surface area contributed by atoms with Crippen molar-refractivity contribution in [2.45, 2.75) is 71.1 Å². The molecule has 0 aromatic carbocycles. The molecule has 0 aliphatic heterocycles. The van der Waals surface area contributed by atoms with Gasteiger partial charge >= 0.3 is 12.1 Å². The van der Waals surface area contributed by atoms with Crippen molar-refractivity contribution in [1.82, 2.24) is 0 Å². The van der Waals surface area contributed by atoms with E-state index in [4.69, 9.17) is 4.74 Å². The van der Waals surface area contributed by atoms with Gasteiger partial charge in [0.05, 0.1) is 0 Å². The fraction of sp³-hybridized carbons (Fsp3) is 0.889. The summed E-state index contributed by atoms with van der Waals surface area (Å²) in [6.45, 7) is 5.38. The lowest BCUT2D eigenvalue weighted by atomic mass is 9.65. The number of fused-ring (bicyclic) bond motifs is 2. The van der Waals surface area contributed by atoms with Crippen LogP contribution in [0.1, 0.15) is 59.3 Å². The number of hydrogen-bond acceptors (Lipinski definition) is 3. The highest BCUT2D eigenvalue weighted by molar-refractivity contribution is 5.83. The number of carbonyl (C=O) groups is 2. The molecule has 0 aromatic heterocycles. The van der Waals surface area contributed by atoms with E-state index in [0.29, 0.717) is 25.7 Å². The molecule has 3 aliphatic carbocycles. The van der Waals surface area contributed by atoms with E-state index < -0.39 is 29.1 Å². The highest BCUT2D eigenvalue weighted by Crippen LogP contribution is 2.66. The van der Waals surface area contributed by atoms with Crippen molar-refractivity contribution in [2.24, 2.45) is 29.1 Å². The lowest BCUT2D eigenvalue weighted by Gasteiger charge is -2.44. The summed E-state index contributed by atoms with van der Waals surface area (Å²) in [5, 5.41) is 0. The lowest BCUT2D eigenvalue weighted by molar-refractivity contribution is -0.260. The summed E-state index contributed by atoms with van der Waals surface area (Å²) in [6.07, 6.45) is -2.92. The molecule has 2 bridgehead atoms. The van der Waals surface area contributed by atoms with E-state index in [9.17, 15) is 22.8 Å². The van der Waals surface area contributed by atoms with E-state index in [1.54, 1.807) is 6.92 Å². The summed E-state index contributed by atoms with van der Waals surface area (Å²) in [7, 11) is 0. The smallest absolute Gasteiger partial charge is 0.405 e. The molecule has 3 aliphatic rings. The summed E-state index contributed by atoms with van der Waals surface area (Å²) < 4.78 is 47.5. The standard InChI is InChI=1S/C18H25F3O3/c1-10-11(2)14-7-12(10)8-17(14,18(19,20)21)15(23)24-16(3)6-4-5-13(22)9-16/h10-12,14H,4-9H2,1-3H3. The topological polar surface area (TPSA) is 43.4 Å². The molecule has 0 saturated heterocycles. The Bertz CT molecular complexity index is 556. The molecule has 0 amide bonds. The summed E-state index contributed by atoms with van der Waals surface area (Å²) in [6, 6.07) is 0. The van der Waals surface area contributed by atoms with Crippen molar-refractivity contribution in [3.05, 3.63) is 0 Å². The summed E-state index contributed by atoms with van der Waals surface area (Å²) in [5.74, 6) is -1.96. The van der Waals surface area contributed by atoms with E-state index in [-0.39, 0.29) is 36.4 Å². The SMILES string of the molecule is CC1C2CC(C1C)C(C(=O)OC1(C)CCCC(=O)C1)(C(F)(F)F)C2. The zero-order valence-electron chi connectivity index (χ0n) is 14.4. The summed E-state index contributed by atoms with van der Waals surface area (Å²) >= 11 is 0. The number of halogens is 3. The number of ether oxygens (including phenoxy) is 1. The molecule has 24 heavy (non-hydrogen) atoms. The molecule has 0 radical (unpaired) electrons. The predicted octanol–water partition coefficient (Wildman–Crippen LogP) is 4.29. The number of carbonyl (C=O) groups excluding carboxylic acids is 2. The van der Waals surface area contributed by atoms with Crippen molar-refractivity contribution in [1.29, 1.82) is 0 Å². The molecular formula is C18H25F3O3. The molecule has 0 aromatic rings. The van der Waals surface area contributed by atoms with Crippen LogP contribution in [0.25, 0.3) is 0 Å². The monoisotopic (exact) mass is 346 g/mol. The molecule has 6 unspecified atom stereocenters. The van der Waals surface area contributed by atoms with Crippen LogP contribution in [0.4, 0.5) is 13.2 Å². The van der Waals surface area contributed by atoms with Gasteiger partial charge in [0.25, 0.3) is 0 Å². The number of alkyl halides is 3. The fourth-order valence-corrected chi connectivity index (χ4v) is 5.37. The van der Waals surface area contributed by atoms with E-state index in [0.717, 1.165) is 0 Å². The van der Waals surface area contributed by atoms with Crippen molar-refractivity contribution < 1.29 is 27.5 Å². The molecule has 3 saturated carbocycles. The Balaban J connectivity index is 1.89. The maximum Gasteiger partial charge on any atom is 0.405 e. The zero-order chi connectivity index (χ0) is 17.9. The van der Waals surface area contributed by atoms with Crippen molar-refractivity contribution in [3.63, 3.8) is 0 Å². The van der Waals surface area contributed by atoms with E-state index in [1.807, 2.05) is 13.8 Å². The van der Waals surface area contributed by atoms with Crippen LogP contribution in [0, 0.1) is 29.1 Å². The van der Waals surface area contributed by atoms with Gasteiger partial charge in [-0.05, 0) is 56.3 Å². The summed E-state index contributed by atoms with van der Waals surface area (Å²) in [5.41, 5.74) is -3.49. The third kappa shape index (κ3) is 2.48. The van der Waals surface area contributed by atoms with Gasteiger partial charge in [-0.1, -0.05) is 13.8 Å². The highest BCUT2D eigenvalue weighted by Gasteiger charge is 2.73. The van der Waals surface area contributed by atoms with Gasteiger partial charge in [0.2, 0.25) is 0 Å². The highest BCUT2D eigenvalue weighted by atomic mass is 19.4. The Morgan fingerprint density at radius 2 is 1.92 bits per heavy atom. The minimum atomic E-state index is -4.62. The van der Waals surface area contributed by atoms with Crippen LogP contribution in [0.15, 0.2) is 0 Å². The quantitative estimate of drug-likeness (QED) is 0.701. The van der Waals surface area contributed by atoms with Crippen molar-refractivity contribution in [2.75, 3.05) is 0 Å². The predicted molar refractivity (Wildman–Crippen MR) is 81.0 cm³/mol. The van der Waals surface area contributed by atoms with Gasteiger partial charge in [0.15, 0.2) is 5.41 Å². The van der Waals surface area contributed by atoms with Gasteiger partial charge in [-0.25, -0.2) is 0 Å². The molecule has 3 rings (SSSR count). The Morgan fingerprint density at radius 3 is 2.42 bits per heavy atom. The number of Topliss-reactive ketones (excluding diaryl/α,β-unsaturated/α-hetero) is 1. The first-order valence-electron chi connectivity index (χ1n) is 8.82. The Labute approximate surface area is 140 Å². The molecule has 0 N–H and O–H groups in total. The average molecular weight is 346 g/mol. The third-order valence-electron chi connectivity index (χ3n) is 6.92. The van der Waals surface area contributed by atoms with Crippen molar-refractivity contribution >= 4 is 11.8 Å². The first kappa shape index (κ1) is 17.7. The summed E-state index contributed by atoms with van der Waals surface area (Å²) in [4.78, 5) is 24.4. The zero-order valence-corrected chi connectivity index (χ0v) is 14.4. The largest absolute Gasteiger partial charge is 0.458 e. The Kier molecular flexibility index (Phi) is 4.04. The second kappa shape index (κ2) is 5.46. The normalized spacial score (nSPS) is 45.5. The minimum Gasteiger partial charge on any atom is -0.458 e. The molecule has 0 heterocycles. The maximum atomic E-state index is 14.0. The molecule has 136 valence electrons. The second-order valence-electron chi connectivity index (χ2n) is 8.40. The molecule has 0 spiro atoms. The molecule has 3 fully saturated rings. The maximum absolute atomic E-state index is 14.0. The minimum absolute atomic E-state index is 0.0206. The van der Waals surface area contributed by atoms with E-state index >= 15 is 0 Å². The van der Waals surface area contributed by atoms with Gasteiger partial charge in [0, 0.05) is 12.8 Å². The molecule has 3 nitrogen and oxygen atoms in total. The van der Waals surface area contributed by atoms with Crippen LogP contribution < -0.4 is 0 Å². The number of esters is 1. The van der Waals surface area contributed by atoms with E-state index in [1.165, 1.54) is 0 Å². The lowest BCUT2D eigenvalue weighted by Crippen LogP contribution is -2.55. The molecule has 6 heteroatoms. The van der Waals surface area contributed by atoms with Gasteiger partial charge in [-0.3, -0.25) is 9.59 Å². The number of ketones is 1. The Hall–Kier alpha value is -1.07. The van der Waals surface area contributed by atoms with Crippen LogP contribution >= 0.6 is 0 Å². The fourth-order valence-electron chi connectivity index (χ4n) is 5.37. The van der Waals surface area contributed by atoms with Gasteiger partial charge in [-0.15, -0.1) is 0 Å². The van der Waals surface area contributed by atoms with Crippen LogP contribution in [-0.4, -0.2) is 23.5 Å². The van der Waals surface area contributed by atoms with Crippen LogP contribution in [0.3, 0.4) is 0 Å². The van der Waals surface area contributed by atoms with Crippen LogP contribution in [0.5, 0.6) is 0 Å². The first-order chi connectivity index (χ1) is 11.0. The van der Waals surface area contributed by atoms with Gasteiger partial charge in [0.1, 0.15) is 11.4 Å². The van der Waals surface area contributed by atoms with Crippen molar-refractivity contribution in [3.8, 4) is 0 Å².